The lowest BCUT2D eigenvalue weighted by atomic mass is 9.76. The fraction of sp³-hybridized carbons (Fsp3) is 0.562. The molecular formula is C32H38F4O2. The molecule has 1 aliphatic heterocycles. The second-order valence-corrected chi connectivity index (χ2v) is 11.1. The average Bonchev–Trinajstić information content (AvgIpc) is 2.94. The number of hydrogen-bond donors (Lipinski definition) is 0. The van der Waals surface area contributed by atoms with Gasteiger partial charge < -0.3 is 9.47 Å². The zero-order valence-corrected chi connectivity index (χ0v) is 22.5. The predicted octanol–water partition coefficient (Wildman–Crippen LogP) is 9.18. The monoisotopic (exact) mass is 530 g/mol. The molecule has 0 amide bonds. The number of aryl methyl sites for hydroxylation is 2. The van der Waals surface area contributed by atoms with E-state index in [4.69, 9.17) is 9.47 Å². The molecule has 1 fully saturated rings. The van der Waals surface area contributed by atoms with Crippen molar-refractivity contribution in [2.45, 2.75) is 90.6 Å². The number of hydrogen-bond acceptors (Lipinski definition) is 2. The Hall–Kier alpha value is -2.34. The van der Waals surface area contributed by atoms with E-state index in [1.165, 1.54) is 63.0 Å². The van der Waals surface area contributed by atoms with Crippen LogP contribution in [0.5, 0.6) is 5.75 Å². The lowest BCUT2D eigenvalue weighted by Crippen LogP contribution is -2.23. The van der Waals surface area contributed by atoms with Gasteiger partial charge >= 0.3 is 0 Å². The summed E-state index contributed by atoms with van der Waals surface area (Å²) in [6.07, 6.45) is 12.9. The first-order chi connectivity index (χ1) is 18.4. The molecular weight excluding hydrogens is 492 g/mol. The SMILES string of the molecule is CCCCCC1CCC(C2=CCC(c3cc4c(c(F)c3F)-c3c(cc(OCC)c(F)c3F)CC4)OC2)CC1. The van der Waals surface area contributed by atoms with Crippen LogP contribution in [0.25, 0.3) is 11.1 Å². The summed E-state index contributed by atoms with van der Waals surface area (Å²) in [7, 11) is 0. The molecule has 0 bridgehead atoms. The van der Waals surface area contributed by atoms with Crippen LogP contribution in [-0.4, -0.2) is 13.2 Å². The minimum Gasteiger partial charge on any atom is -0.491 e. The zero-order valence-electron chi connectivity index (χ0n) is 22.5. The van der Waals surface area contributed by atoms with Gasteiger partial charge in [-0.05, 0) is 92.5 Å². The van der Waals surface area contributed by atoms with Gasteiger partial charge in [0.25, 0.3) is 0 Å². The number of benzene rings is 2. The number of rotatable bonds is 8. The average molecular weight is 531 g/mol. The van der Waals surface area contributed by atoms with Gasteiger partial charge in [0.2, 0.25) is 5.82 Å². The summed E-state index contributed by atoms with van der Waals surface area (Å²) < 4.78 is 71.9. The Labute approximate surface area is 223 Å². The molecule has 38 heavy (non-hydrogen) atoms. The van der Waals surface area contributed by atoms with Gasteiger partial charge in [-0.3, -0.25) is 0 Å². The van der Waals surface area contributed by atoms with E-state index >= 15 is 13.2 Å². The zero-order chi connectivity index (χ0) is 26.8. The van der Waals surface area contributed by atoms with Crippen LogP contribution in [0.15, 0.2) is 23.8 Å². The van der Waals surface area contributed by atoms with Crippen LogP contribution < -0.4 is 4.74 Å². The molecule has 0 saturated heterocycles. The van der Waals surface area contributed by atoms with E-state index in [1.54, 1.807) is 13.0 Å². The van der Waals surface area contributed by atoms with Crippen molar-refractivity contribution >= 4 is 0 Å². The molecule has 5 rings (SSSR count). The smallest absolute Gasteiger partial charge is 0.201 e. The summed E-state index contributed by atoms with van der Waals surface area (Å²) >= 11 is 0. The van der Waals surface area contributed by atoms with Crippen molar-refractivity contribution in [1.82, 2.24) is 0 Å². The molecule has 1 unspecified atom stereocenters. The third kappa shape index (κ3) is 5.25. The van der Waals surface area contributed by atoms with Crippen molar-refractivity contribution in [3.05, 3.63) is 63.7 Å². The molecule has 206 valence electrons. The topological polar surface area (TPSA) is 18.5 Å². The molecule has 6 heteroatoms. The second kappa shape index (κ2) is 11.8. The molecule has 1 atom stereocenters. The number of unbranched alkanes of at least 4 members (excludes halogenated alkanes) is 2. The summed E-state index contributed by atoms with van der Waals surface area (Å²) in [4.78, 5) is 0. The summed E-state index contributed by atoms with van der Waals surface area (Å²) in [5.74, 6) is -3.41. The highest BCUT2D eigenvalue weighted by atomic mass is 19.2. The van der Waals surface area contributed by atoms with Gasteiger partial charge in [-0.15, -0.1) is 0 Å². The Morgan fingerprint density at radius 1 is 0.842 bits per heavy atom. The van der Waals surface area contributed by atoms with Gasteiger partial charge in [-0.2, -0.15) is 4.39 Å². The molecule has 3 aliphatic rings. The van der Waals surface area contributed by atoms with Crippen LogP contribution in [-0.2, 0) is 17.6 Å². The normalized spacial score (nSPS) is 23.0. The van der Waals surface area contributed by atoms with E-state index in [9.17, 15) is 4.39 Å². The first-order valence-electron chi connectivity index (χ1n) is 14.4. The molecule has 1 saturated carbocycles. The fourth-order valence-electron chi connectivity index (χ4n) is 6.64. The van der Waals surface area contributed by atoms with Gasteiger partial charge in [0.15, 0.2) is 23.2 Å². The van der Waals surface area contributed by atoms with Crippen LogP contribution in [0.3, 0.4) is 0 Å². The van der Waals surface area contributed by atoms with E-state index in [0.717, 1.165) is 5.92 Å². The Kier molecular flexibility index (Phi) is 8.47. The van der Waals surface area contributed by atoms with E-state index in [0.29, 0.717) is 42.9 Å². The van der Waals surface area contributed by atoms with Crippen LogP contribution in [0, 0.1) is 35.1 Å². The van der Waals surface area contributed by atoms with E-state index in [2.05, 4.69) is 13.0 Å². The van der Waals surface area contributed by atoms with Crippen molar-refractivity contribution < 1.29 is 27.0 Å². The van der Waals surface area contributed by atoms with Crippen LogP contribution in [0.4, 0.5) is 17.6 Å². The Bertz CT molecular complexity index is 1200. The Morgan fingerprint density at radius 2 is 1.53 bits per heavy atom. The van der Waals surface area contributed by atoms with Crippen molar-refractivity contribution in [3.63, 3.8) is 0 Å². The predicted molar refractivity (Wildman–Crippen MR) is 141 cm³/mol. The van der Waals surface area contributed by atoms with E-state index < -0.39 is 29.4 Å². The lowest BCUT2D eigenvalue weighted by molar-refractivity contribution is 0.0506. The minimum atomic E-state index is -1.19. The molecule has 0 aromatic heterocycles. The van der Waals surface area contributed by atoms with Gasteiger partial charge in [0.05, 0.1) is 19.3 Å². The van der Waals surface area contributed by atoms with E-state index in [1.807, 2.05) is 0 Å². The number of ether oxygens (including phenoxy) is 2. The Morgan fingerprint density at radius 3 is 2.16 bits per heavy atom. The van der Waals surface area contributed by atoms with Gasteiger partial charge in [-0.1, -0.05) is 38.7 Å². The molecule has 2 aromatic rings. The van der Waals surface area contributed by atoms with Crippen molar-refractivity contribution in [2.75, 3.05) is 13.2 Å². The van der Waals surface area contributed by atoms with Crippen LogP contribution in [0.2, 0.25) is 0 Å². The third-order valence-electron chi connectivity index (χ3n) is 8.76. The molecule has 2 aromatic carbocycles. The van der Waals surface area contributed by atoms with Gasteiger partial charge in [-0.25, -0.2) is 13.2 Å². The summed E-state index contributed by atoms with van der Waals surface area (Å²) in [5.41, 5.74) is 1.96. The van der Waals surface area contributed by atoms with Crippen molar-refractivity contribution in [2.24, 2.45) is 11.8 Å². The largest absolute Gasteiger partial charge is 0.491 e. The molecule has 0 radical (unpaired) electrons. The highest BCUT2D eigenvalue weighted by Gasteiger charge is 2.33. The fourth-order valence-corrected chi connectivity index (χ4v) is 6.64. The van der Waals surface area contributed by atoms with Crippen LogP contribution >= 0.6 is 0 Å². The van der Waals surface area contributed by atoms with Crippen molar-refractivity contribution in [3.8, 4) is 16.9 Å². The quantitative estimate of drug-likeness (QED) is 0.192. The molecule has 0 N–H and O–H groups in total. The maximum Gasteiger partial charge on any atom is 0.201 e. The second-order valence-electron chi connectivity index (χ2n) is 11.1. The van der Waals surface area contributed by atoms with Gasteiger partial charge in [0, 0.05) is 16.7 Å². The highest BCUT2D eigenvalue weighted by Crippen LogP contribution is 2.45. The highest BCUT2D eigenvalue weighted by molar-refractivity contribution is 5.76. The molecule has 2 aliphatic carbocycles. The Balaban J connectivity index is 1.32. The van der Waals surface area contributed by atoms with Crippen LogP contribution in [0.1, 0.15) is 94.4 Å². The summed E-state index contributed by atoms with van der Waals surface area (Å²) in [5, 5.41) is 0. The minimum absolute atomic E-state index is 0.159. The lowest BCUT2D eigenvalue weighted by Gasteiger charge is -2.33. The first kappa shape index (κ1) is 27.2. The molecule has 1 heterocycles. The standard InChI is InChI=1S/C32H38F4O2/c1-3-5-6-7-19-8-10-20(11-9-19)23-14-15-25(38-18-23)24-16-21-12-13-22-17-26(37-4-2)30(34)32(36)28(22)27(21)31(35)29(24)33/h14,16-17,19-20,25H,3-13,15,18H2,1-2H3. The summed E-state index contributed by atoms with van der Waals surface area (Å²) in [6.45, 7) is 4.52. The number of halogens is 4. The molecule has 2 nitrogen and oxygen atoms in total. The van der Waals surface area contributed by atoms with E-state index in [-0.39, 0.29) is 29.0 Å². The van der Waals surface area contributed by atoms with Gasteiger partial charge in [0.1, 0.15) is 0 Å². The molecule has 0 spiro atoms. The number of fused-ring (bicyclic) bond motifs is 3. The maximum absolute atomic E-state index is 15.5. The van der Waals surface area contributed by atoms with Crippen molar-refractivity contribution in [1.29, 1.82) is 0 Å². The first-order valence-corrected chi connectivity index (χ1v) is 14.4. The maximum atomic E-state index is 15.5. The summed E-state index contributed by atoms with van der Waals surface area (Å²) in [6, 6.07) is 3.00. The third-order valence-corrected chi connectivity index (χ3v) is 8.76.